The molecule has 17 N–H and O–H groups in total. The Balaban J connectivity index is 2.16. The van der Waals surface area contributed by atoms with Crippen LogP contribution in [-0.2, 0) is 25.6 Å². The Morgan fingerprint density at radius 3 is 1.85 bits per heavy atom. The zero-order valence-electron chi connectivity index (χ0n) is 25.9. The Kier molecular flexibility index (Phi) is 15.8. The largest absolute Gasteiger partial charge is 0.480 e. The molecule has 2 aromatic rings. The number of carboxylic acid groups (broad SMARTS) is 1. The summed E-state index contributed by atoms with van der Waals surface area (Å²) in [6.07, 6.45) is 4.07. The van der Waals surface area contributed by atoms with Crippen molar-refractivity contribution in [1.29, 1.82) is 0 Å². The molecule has 1 heterocycles. The predicted molar refractivity (Wildman–Crippen MR) is 176 cm³/mol. The molecule has 46 heavy (non-hydrogen) atoms. The number of hydrogen-bond acceptors (Lipinski definition) is 8. The molecule has 17 heteroatoms. The van der Waals surface area contributed by atoms with E-state index in [1.807, 2.05) is 24.3 Å². The maximum absolute atomic E-state index is 13.5. The highest BCUT2D eigenvalue weighted by Crippen LogP contribution is 2.19. The number of nitrogens with zero attached hydrogens (tertiary/aromatic N) is 2. The summed E-state index contributed by atoms with van der Waals surface area (Å²) in [6.45, 7) is 0.730. The van der Waals surface area contributed by atoms with Crippen LogP contribution < -0.4 is 50.4 Å². The molecule has 0 bridgehead atoms. The van der Waals surface area contributed by atoms with E-state index in [9.17, 15) is 24.3 Å². The molecule has 0 spiro atoms. The standard InChI is InChI=1S/C29H48N12O5/c30-12-4-3-9-21(39-24(42)19(31)15-17-16-38-20-8-2-1-7-18(17)20)25(43)40-22(10-5-13-36-28(32)33)26(44)41-23(27(45)46)11-6-14-37-29(34)35/h1-2,7-8,16,19,21-23,38H,3-6,9-15,30-31H2,(H,39,42)(H,40,43)(H,41,44)(H,45,46)(H4,32,33,36)(H4,34,35,37). The van der Waals surface area contributed by atoms with Crippen molar-refractivity contribution in [2.24, 2.45) is 44.4 Å². The van der Waals surface area contributed by atoms with Crippen molar-refractivity contribution < 1.29 is 24.3 Å². The van der Waals surface area contributed by atoms with E-state index in [4.69, 9.17) is 34.4 Å². The van der Waals surface area contributed by atoms with Crippen LogP contribution in [0.15, 0.2) is 40.4 Å². The number of aromatic nitrogens is 1. The van der Waals surface area contributed by atoms with Gasteiger partial charge in [-0.15, -0.1) is 0 Å². The number of amides is 3. The van der Waals surface area contributed by atoms with Gasteiger partial charge in [-0.25, -0.2) is 4.79 Å². The number of aliphatic carboxylic acids is 1. The molecule has 1 aromatic heterocycles. The number of rotatable bonds is 21. The number of carboxylic acids is 1. The van der Waals surface area contributed by atoms with Crippen LogP contribution in [-0.4, -0.2) is 89.5 Å². The number of benzene rings is 1. The first kappa shape index (κ1) is 37.3. The number of unbranched alkanes of at least 4 members (excludes halogenated alkanes) is 1. The van der Waals surface area contributed by atoms with Gasteiger partial charge in [-0.05, 0) is 69.5 Å². The van der Waals surface area contributed by atoms with Crippen LogP contribution in [0.5, 0.6) is 0 Å². The van der Waals surface area contributed by atoms with E-state index in [1.54, 1.807) is 6.20 Å². The second-order valence-electron chi connectivity index (χ2n) is 10.9. The maximum atomic E-state index is 13.5. The van der Waals surface area contributed by atoms with Gasteiger partial charge in [-0.3, -0.25) is 24.4 Å². The molecule has 2 rings (SSSR count). The number of nitrogens with one attached hydrogen (secondary N) is 4. The number of fused-ring (bicyclic) bond motifs is 1. The Bertz CT molecular complexity index is 1350. The van der Waals surface area contributed by atoms with Crippen molar-refractivity contribution >= 4 is 46.5 Å². The average Bonchev–Trinajstić information content (AvgIpc) is 3.41. The molecule has 3 amide bonds. The van der Waals surface area contributed by atoms with E-state index in [2.05, 4.69) is 30.9 Å². The molecule has 254 valence electrons. The third-order valence-corrected chi connectivity index (χ3v) is 7.17. The highest BCUT2D eigenvalue weighted by atomic mass is 16.4. The van der Waals surface area contributed by atoms with Gasteiger partial charge >= 0.3 is 5.97 Å². The van der Waals surface area contributed by atoms with E-state index in [-0.39, 0.29) is 63.5 Å². The minimum atomic E-state index is -1.26. The van der Waals surface area contributed by atoms with Gasteiger partial charge in [-0.1, -0.05) is 18.2 Å². The van der Waals surface area contributed by atoms with Crippen LogP contribution in [0.25, 0.3) is 10.9 Å². The van der Waals surface area contributed by atoms with Crippen LogP contribution in [0.2, 0.25) is 0 Å². The van der Waals surface area contributed by atoms with Gasteiger partial charge in [0, 0.05) is 30.2 Å². The summed E-state index contributed by atoms with van der Waals surface area (Å²) in [6, 6.07) is 3.21. The lowest BCUT2D eigenvalue weighted by Crippen LogP contribution is -2.57. The number of aromatic amines is 1. The second kappa shape index (κ2) is 19.5. The first-order valence-corrected chi connectivity index (χ1v) is 15.2. The minimum Gasteiger partial charge on any atom is -0.480 e. The molecule has 0 fully saturated rings. The predicted octanol–water partition coefficient (Wildman–Crippen LogP) is -2.19. The van der Waals surface area contributed by atoms with Crippen molar-refractivity contribution in [3.8, 4) is 0 Å². The highest BCUT2D eigenvalue weighted by Gasteiger charge is 2.30. The molecular formula is C29H48N12O5. The Labute approximate surface area is 267 Å². The SMILES string of the molecule is NCCCCC(NC(=O)C(N)Cc1c[nH]c2ccccc12)C(=O)NC(CCCN=C(N)N)C(=O)NC(CCCN=C(N)N)C(=O)O. The number of nitrogens with two attached hydrogens (primary N) is 6. The lowest BCUT2D eigenvalue weighted by Gasteiger charge is -2.25. The van der Waals surface area contributed by atoms with Gasteiger partial charge < -0.3 is 60.4 Å². The maximum Gasteiger partial charge on any atom is 0.326 e. The van der Waals surface area contributed by atoms with Gasteiger partial charge in [0.05, 0.1) is 6.04 Å². The number of carbonyl (C=O) groups is 4. The van der Waals surface area contributed by atoms with Crippen molar-refractivity contribution in [2.75, 3.05) is 19.6 Å². The van der Waals surface area contributed by atoms with E-state index in [1.165, 1.54) is 0 Å². The lowest BCUT2D eigenvalue weighted by atomic mass is 10.0. The van der Waals surface area contributed by atoms with Crippen molar-refractivity contribution in [1.82, 2.24) is 20.9 Å². The zero-order chi connectivity index (χ0) is 34.1. The van der Waals surface area contributed by atoms with Gasteiger partial charge in [0.1, 0.15) is 18.1 Å². The fraction of sp³-hybridized carbons (Fsp3) is 0.517. The Morgan fingerprint density at radius 2 is 1.28 bits per heavy atom. The number of hydrogen-bond donors (Lipinski definition) is 11. The fourth-order valence-electron chi connectivity index (χ4n) is 4.75. The molecule has 0 aliphatic rings. The summed E-state index contributed by atoms with van der Waals surface area (Å²) < 4.78 is 0. The number of carbonyl (C=O) groups excluding carboxylic acids is 3. The molecular weight excluding hydrogens is 596 g/mol. The summed E-state index contributed by atoms with van der Waals surface area (Å²) in [5.74, 6) is -3.44. The molecule has 4 unspecified atom stereocenters. The summed E-state index contributed by atoms with van der Waals surface area (Å²) in [5.41, 5.74) is 35.1. The third-order valence-electron chi connectivity index (χ3n) is 7.17. The normalized spacial score (nSPS) is 13.5. The topological polar surface area (TPSA) is 321 Å². The number of H-pyrrole nitrogens is 1. The number of para-hydroxylation sites is 1. The number of guanidine groups is 2. The van der Waals surface area contributed by atoms with Crippen molar-refractivity contribution in [3.05, 3.63) is 36.0 Å². The second-order valence-corrected chi connectivity index (χ2v) is 10.9. The van der Waals surface area contributed by atoms with Crippen molar-refractivity contribution in [3.63, 3.8) is 0 Å². The van der Waals surface area contributed by atoms with Gasteiger partial charge in [0.15, 0.2) is 11.9 Å². The van der Waals surface area contributed by atoms with Crippen LogP contribution in [0, 0.1) is 0 Å². The Hall–Kier alpha value is -4.90. The third kappa shape index (κ3) is 13.0. The average molecular weight is 645 g/mol. The van der Waals surface area contributed by atoms with Crippen LogP contribution in [0.4, 0.5) is 0 Å². The smallest absolute Gasteiger partial charge is 0.326 e. The van der Waals surface area contributed by atoms with Crippen LogP contribution >= 0.6 is 0 Å². The highest BCUT2D eigenvalue weighted by molar-refractivity contribution is 5.94. The van der Waals surface area contributed by atoms with Gasteiger partial charge in [-0.2, -0.15) is 0 Å². The molecule has 17 nitrogen and oxygen atoms in total. The quantitative estimate of drug-likeness (QED) is 0.0394. The van der Waals surface area contributed by atoms with E-state index in [0.717, 1.165) is 16.5 Å². The van der Waals surface area contributed by atoms with Gasteiger partial charge in [0.25, 0.3) is 0 Å². The monoisotopic (exact) mass is 644 g/mol. The van der Waals surface area contributed by atoms with Crippen LogP contribution in [0.1, 0.15) is 50.5 Å². The summed E-state index contributed by atoms with van der Waals surface area (Å²) in [4.78, 5) is 62.7. The molecule has 0 saturated heterocycles. The van der Waals surface area contributed by atoms with Crippen LogP contribution in [0.3, 0.4) is 0 Å². The summed E-state index contributed by atoms with van der Waals surface area (Å²) >= 11 is 0. The lowest BCUT2D eigenvalue weighted by molar-refractivity contribution is -0.142. The first-order chi connectivity index (χ1) is 21.9. The van der Waals surface area contributed by atoms with Gasteiger partial charge in [0.2, 0.25) is 17.7 Å². The van der Waals surface area contributed by atoms with E-state index >= 15 is 0 Å². The number of aliphatic imine (C=N–C) groups is 2. The van der Waals surface area contributed by atoms with E-state index in [0.29, 0.717) is 19.4 Å². The zero-order valence-corrected chi connectivity index (χ0v) is 25.9. The van der Waals surface area contributed by atoms with Crippen molar-refractivity contribution in [2.45, 2.75) is 75.5 Å². The molecule has 4 atom stereocenters. The Morgan fingerprint density at radius 1 is 0.761 bits per heavy atom. The molecule has 0 radical (unpaired) electrons. The first-order valence-electron chi connectivity index (χ1n) is 15.2. The molecule has 0 aliphatic heterocycles. The summed E-state index contributed by atoms with van der Waals surface area (Å²) in [5, 5.41) is 18.5. The fourth-order valence-corrected chi connectivity index (χ4v) is 4.75. The molecule has 0 saturated carbocycles. The summed E-state index contributed by atoms with van der Waals surface area (Å²) in [7, 11) is 0. The van der Waals surface area contributed by atoms with E-state index < -0.39 is 47.9 Å². The molecule has 0 aliphatic carbocycles. The molecule has 1 aromatic carbocycles. The minimum absolute atomic E-state index is 0.0403.